The molecular formula is C25H58O6Si2. The minimum atomic E-state index is -2.35. The van der Waals surface area contributed by atoms with Gasteiger partial charge in [0.25, 0.3) is 0 Å². The van der Waals surface area contributed by atoms with Gasteiger partial charge in [-0.3, -0.25) is 0 Å². The van der Waals surface area contributed by atoms with E-state index in [1.165, 1.54) is 64.2 Å². The lowest BCUT2D eigenvalue weighted by molar-refractivity contribution is 0.0706. The van der Waals surface area contributed by atoms with Crippen molar-refractivity contribution in [2.45, 2.75) is 124 Å². The first-order valence-electron chi connectivity index (χ1n) is 13.6. The van der Waals surface area contributed by atoms with Crippen LogP contribution in [0.5, 0.6) is 0 Å². The lowest BCUT2D eigenvalue weighted by atomic mass is 10.1. The molecule has 0 spiro atoms. The average molecular weight is 511 g/mol. The van der Waals surface area contributed by atoms with Gasteiger partial charge in [0.2, 0.25) is 0 Å². The lowest BCUT2D eigenvalue weighted by Gasteiger charge is -2.28. The van der Waals surface area contributed by atoms with Crippen LogP contribution in [0.3, 0.4) is 0 Å². The Morgan fingerprint density at radius 3 is 1.03 bits per heavy atom. The number of hydrogen-bond acceptors (Lipinski definition) is 6. The Hall–Kier alpha value is 0.194. The number of unbranched alkanes of at least 4 members (excludes halogenated alkanes) is 10. The van der Waals surface area contributed by atoms with Gasteiger partial charge < -0.3 is 26.6 Å². The molecule has 0 aromatic heterocycles. The summed E-state index contributed by atoms with van der Waals surface area (Å²) < 4.78 is 33.5. The standard InChI is InChI=1S/C13H30O3Si.C12H28O3Si/c1-5-6-7-8-9-10-11-12-13-17(14-2,15-3)16-4;1-5-9-10-11-12-16(13-6-2,14-7-3)15-8-4/h5-13H2,1-4H3;5-12H2,1-4H3. The monoisotopic (exact) mass is 510 g/mol. The van der Waals surface area contributed by atoms with Crippen molar-refractivity contribution in [2.75, 3.05) is 41.2 Å². The normalized spacial score (nSPS) is 12.0. The molecule has 202 valence electrons. The fraction of sp³-hybridized carbons (Fsp3) is 1.00. The minimum absolute atomic E-state index is 0.681. The Labute approximate surface area is 209 Å². The summed E-state index contributed by atoms with van der Waals surface area (Å²) in [4.78, 5) is 0. The van der Waals surface area contributed by atoms with Crippen LogP contribution in [-0.4, -0.2) is 58.8 Å². The van der Waals surface area contributed by atoms with Crippen LogP contribution in [0.25, 0.3) is 0 Å². The van der Waals surface area contributed by atoms with E-state index < -0.39 is 17.6 Å². The molecular weight excluding hydrogens is 452 g/mol. The van der Waals surface area contributed by atoms with E-state index in [4.69, 9.17) is 26.6 Å². The summed E-state index contributed by atoms with van der Waals surface area (Å²) in [6.07, 6.45) is 15.5. The van der Waals surface area contributed by atoms with Crippen LogP contribution in [-0.2, 0) is 26.6 Å². The van der Waals surface area contributed by atoms with Gasteiger partial charge in [-0.2, -0.15) is 0 Å². The van der Waals surface area contributed by atoms with Gasteiger partial charge in [-0.25, -0.2) is 0 Å². The molecule has 0 bridgehead atoms. The second-order valence-electron chi connectivity index (χ2n) is 8.31. The highest BCUT2D eigenvalue weighted by molar-refractivity contribution is 6.61. The van der Waals surface area contributed by atoms with Crippen molar-refractivity contribution in [3.05, 3.63) is 0 Å². The van der Waals surface area contributed by atoms with Crippen molar-refractivity contribution in [3.63, 3.8) is 0 Å². The molecule has 0 aliphatic rings. The summed E-state index contributed by atoms with van der Waals surface area (Å²) in [5.74, 6) is 0. The summed E-state index contributed by atoms with van der Waals surface area (Å²) in [7, 11) is 0.409. The SMILES string of the molecule is CCCCCCCCCC[Si](OC)(OC)OC.CCCCCC[Si](OCC)(OCC)OCC. The predicted molar refractivity (Wildman–Crippen MR) is 144 cm³/mol. The summed E-state index contributed by atoms with van der Waals surface area (Å²) in [6, 6.07) is 1.90. The first-order valence-corrected chi connectivity index (χ1v) is 17.4. The summed E-state index contributed by atoms with van der Waals surface area (Å²) in [5, 5.41) is 0. The van der Waals surface area contributed by atoms with Crippen LogP contribution in [0.15, 0.2) is 0 Å². The van der Waals surface area contributed by atoms with Crippen molar-refractivity contribution in [2.24, 2.45) is 0 Å². The molecule has 0 radical (unpaired) electrons. The average Bonchev–Trinajstić information content (AvgIpc) is 2.82. The van der Waals surface area contributed by atoms with E-state index in [1.54, 1.807) is 21.3 Å². The summed E-state index contributed by atoms with van der Waals surface area (Å²) >= 11 is 0. The molecule has 0 saturated carbocycles. The van der Waals surface area contributed by atoms with E-state index in [0.717, 1.165) is 24.9 Å². The first-order chi connectivity index (χ1) is 16.0. The molecule has 8 heteroatoms. The van der Waals surface area contributed by atoms with Gasteiger partial charge in [0.15, 0.2) is 0 Å². The third-order valence-corrected chi connectivity index (χ3v) is 11.7. The highest BCUT2D eigenvalue weighted by atomic mass is 28.4. The smallest absolute Gasteiger partial charge is 0.377 e. The van der Waals surface area contributed by atoms with E-state index in [1.807, 2.05) is 20.8 Å². The van der Waals surface area contributed by atoms with Crippen molar-refractivity contribution in [1.82, 2.24) is 0 Å². The van der Waals surface area contributed by atoms with Gasteiger partial charge >= 0.3 is 17.6 Å². The van der Waals surface area contributed by atoms with Crippen molar-refractivity contribution in [1.29, 1.82) is 0 Å². The molecule has 0 rings (SSSR count). The van der Waals surface area contributed by atoms with Crippen molar-refractivity contribution in [3.8, 4) is 0 Å². The molecule has 0 saturated heterocycles. The molecule has 0 amide bonds. The summed E-state index contributed by atoms with van der Waals surface area (Å²) in [5.41, 5.74) is 0. The van der Waals surface area contributed by atoms with Gasteiger partial charge in [-0.15, -0.1) is 0 Å². The molecule has 0 N–H and O–H groups in total. The first kappa shape index (κ1) is 35.4. The second-order valence-corrected chi connectivity index (χ2v) is 14.1. The quantitative estimate of drug-likeness (QED) is 0.104. The Kier molecular flexibility index (Phi) is 27.1. The fourth-order valence-corrected chi connectivity index (χ4v) is 8.28. The zero-order valence-corrected chi connectivity index (χ0v) is 25.5. The molecule has 0 aliphatic carbocycles. The molecule has 0 aromatic carbocycles. The molecule has 0 fully saturated rings. The lowest BCUT2D eigenvalue weighted by Crippen LogP contribution is -2.45. The zero-order valence-electron chi connectivity index (χ0n) is 23.5. The van der Waals surface area contributed by atoms with Crippen molar-refractivity contribution < 1.29 is 26.6 Å². The predicted octanol–water partition coefficient (Wildman–Crippen LogP) is 7.62. The van der Waals surface area contributed by atoms with Gasteiger partial charge in [-0.1, -0.05) is 78.1 Å². The van der Waals surface area contributed by atoms with Crippen molar-refractivity contribution >= 4 is 17.6 Å². The molecule has 0 aromatic rings. The number of hydrogen-bond donors (Lipinski definition) is 0. The van der Waals surface area contributed by atoms with Gasteiger partial charge in [0.1, 0.15) is 0 Å². The van der Waals surface area contributed by atoms with Gasteiger partial charge in [0, 0.05) is 53.2 Å². The van der Waals surface area contributed by atoms with E-state index in [9.17, 15) is 0 Å². The zero-order chi connectivity index (χ0) is 25.3. The van der Waals surface area contributed by atoms with E-state index in [-0.39, 0.29) is 0 Å². The van der Waals surface area contributed by atoms with Crippen LogP contribution in [0.2, 0.25) is 12.1 Å². The van der Waals surface area contributed by atoms with E-state index in [0.29, 0.717) is 19.8 Å². The molecule has 33 heavy (non-hydrogen) atoms. The Morgan fingerprint density at radius 1 is 0.394 bits per heavy atom. The molecule has 0 aliphatic heterocycles. The van der Waals surface area contributed by atoms with Gasteiger partial charge in [-0.05, 0) is 33.6 Å². The van der Waals surface area contributed by atoms with Crippen LogP contribution in [0.4, 0.5) is 0 Å². The summed E-state index contributed by atoms with van der Waals surface area (Å²) in [6.45, 7) is 12.5. The highest BCUT2D eigenvalue weighted by Crippen LogP contribution is 2.20. The molecule has 0 heterocycles. The molecule has 6 nitrogen and oxygen atoms in total. The van der Waals surface area contributed by atoms with E-state index in [2.05, 4.69) is 13.8 Å². The third-order valence-electron chi connectivity index (χ3n) is 5.70. The van der Waals surface area contributed by atoms with E-state index >= 15 is 0 Å². The largest absolute Gasteiger partial charge is 0.500 e. The second kappa shape index (κ2) is 25.3. The Morgan fingerprint density at radius 2 is 0.697 bits per heavy atom. The fourth-order valence-electron chi connectivity index (χ4n) is 3.80. The Bertz CT molecular complexity index is 359. The topological polar surface area (TPSA) is 55.4 Å². The molecule has 0 unspecified atom stereocenters. The molecule has 0 atom stereocenters. The Balaban J connectivity index is 0. The minimum Gasteiger partial charge on any atom is -0.377 e. The van der Waals surface area contributed by atoms with Crippen LogP contribution >= 0.6 is 0 Å². The maximum absolute atomic E-state index is 5.79. The number of rotatable bonds is 23. The van der Waals surface area contributed by atoms with Crippen LogP contribution in [0.1, 0.15) is 112 Å². The van der Waals surface area contributed by atoms with Gasteiger partial charge in [0.05, 0.1) is 0 Å². The maximum Gasteiger partial charge on any atom is 0.500 e. The third kappa shape index (κ3) is 19.1. The van der Waals surface area contributed by atoms with Crippen LogP contribution < -0.4 is 0 Å². The highest BCUT2D eigenvalue weighted by Gasteiger charge is 2.39. The van der Waals surface area contributed by atoms with Crippen LogP contribution in [0, 0.1) is 0 Å². The maximum atomic E-state index is 5.79.